The zero-order valence-electron chi connectivity index (χ0n) is 53.4. The van der Waals surface area contributed by atoms with Gasteiger partial charge in [-0.3, -0.25) is 18.6 Å². The van der Waals surface area contributed by atoms with Gasteiger partial charge >= 0.3 is 13.8 Å². The summed E-state index contributed by atoms with van der Waals surface area (Å²) in [7, 11) is 1.51. The third kappa shape index (κ3) is 60.6. The average molecular weight is 1130 g/mol. The van der Waals surface area contributed by atoms with Crippen LogP contribution < -0.4 is 5.32 Å². The predicted octanol–water partition coefficient (Wildman–Crippen LogP) is 21.5. The minimum absolute atomic E-state index is 0.0437. The van der Waals surface area contributed by atoms with E-state index in [1.54, 1.807) is 0 Å². The largest absolute Gasteiger partial charge is 0.472 e. The topological polar surface area (TPSA) is 111 Å². The molecule has 0 fully saturated rings. The summed E-state index contributed by atoms with van der Waals surface area (Å²) < 4.78 is 30.8. The maximum absolute atomic E-state index is 13.5. The van der Waals surface area contributed by atoms with Crippen molar-refractivity contribution in [3.63, 3.8) is 0 Å². The number of ether oxygens (including phenoxy) is 1. The molecule has 0 aliphatic heterocycles. The van der Waals surface area contributed by atoms with E-state index in [0.717, 1.165) is 64.2 Å². The van der Waals surface area contributed by atoms with Crippen LogP contribution in [0.2, 0.25) is 0 Å². The lowest BCUT2D eigenvalue weighted by Gasteiger charge is -2.27. The second-order valence-electron chi connectivity index (χ2n) is 24.7. The van der Waals surface area contributed by atoms with Crippen LogP contribution in [0, 0.1) is 0 Å². The number of amides is 1. The molecule has 2 N–H and O–H groups in total. The first-order chi connectivity index (χ1) is 38.4. The molecule has 0 aromatic heterocycles. The number of likely N-dealkylation sites (N-methyl/N-ethyl adjacent to an activating group) is 1. The number of carbonyl (C=O) groups is 2. The average Bonchev–Trinajstić information content (AvgIpc) is 3.41. The van der Waals surface area contributed by atoms with E-state index in [2.05, 4.69) is 50.4 Å². The fourth-order valence-electron chi connectivity index (χ4n) is 10.3. The van der Waals surface area contributed by atoms with Gasteiger partial charge < -0.3 is 19.4 Å². The first-order valence-electron chi connectivity index (χ1n) is 34.3. The van der Waals surface area contributed by atoms with E-state index in [1.165, 1.54) is 244 Å². The normalized spacial score (nSPS) is 13.8. The smallest absolute Gasteiger partial charge is 0.456 e. The number of nitrogens with zero attached hydrogens (tertiary/aromatic N) is 1. The molecule has 0 rings (SSSR count). The van der Waals surface area contributed by atoms with E-state index in [-0.39, 0.29) is 25.1 Å². The Bertz CT molecular complexity index is 1450. The van der Waals surface area contributed by atoms with Crippen LogP contribution in [-0.4, -0.2) is 74.3 Å². The summed E-state index contributed by atoms with van der Waals surface area (Å²) in [5.41, 5.74) is 0. The number of hydrogen-bond donors (Lipinski definition) is 2. The van der Waals surface area contributed by atoms with Gasteiger partial charge in [-0.05, 0) is 63.9 Å². The lowest BCUT2D eigenvalue weighted by atomic mass is 10.0. The monoisotopic (exact) mass is 1130 g/mol. The van der Waals surface area contributed by atoms with E-state index in [9.17, 15) is 19.0 Å². The molecule has 0 aromatic carbocycles. The first kappa shape index (κ1) is 77.2. The zero-order chi connectivity index (χ0) is 57.9. The molecule has 1 amide bonds. The Balaban J connectivity index is 4.95. The van der Waals surface area contributed by atoms with Crippen molar-refractivity contribution in [2.24, 2.45) is 0 Å². The fourth-order valence-corrected chi connectivity index (χ4v) is 11.0. The molecule has 0 heterocycles. The molecule has 3 atom stereocenters. The summed E-state index contributed by atoms with van der Waals surface area (Å²) in [4.78, 5) is 37.8. The van der Waals surface area contributed by atoms with Gasteiger partial charge in [-0.2, -0.15) is 0 Å². The maximum Gasteiger partial charge on any atom is 0.472 e. The summed E-state index contributed by atoms with van der Waals surface area (Å²) in [6.07, 6.45) is 73.0. The molecule has 0 saturated heterocycles. The van der Waals surface area contributed by atoms with Crippen LogP contribution >= 0.6 is 7.82 Å². The number of esters is 1. The lowest BCUT2D eigenvalue weighted by Crippen LogP contribution is -2.47. The number of phosphoric acid groups is 1. The molecule has 0 aromatic rings. The third-order valence-corrected chi connectivity index (χ3v) is 16.6. The highest BCUT2D eigenvalue weighted by Gasteiger charge is 2.30. The summed E-state index contributed by atoms with van der Waals surface area (Å²) in [5, 5.41) is 3.07. The minimum atomic E-state index is -4.44. The van der Waals surface area contributed by atoms with Crippen LogP contribution in [0.4, 0.5) is 0 Å². The summed E-state index contributed by atoms with van der Waals surface area (Å²) in [6.45, 7) is 7.03. The van der Waals surface area contributed by atoms with Crippen LogP contribution in [0.15, 0.2) is 36.5 Å². The Labute approximate surface area is 491 Å². The van der Waals surface area contributed by atoms with Crippen molar-refractivity contribution in [3.8, 4) is 0 Å². The van der Waals surface area contributed by atoms with Crippen molar-refractivity contribution in [2.75, 3.05) is 40.9 Å². The van der Waals surface area contributed by atoms with E-state index >= 15 is 0 Å². The van der Waals surface area contributed by atoms with Gasteiger partial charge in [0.2, 0.25) is 5.91 Å². The summed E-state index contributed by atoms with van der Waals surface area (Å²) in [6, 6.07) is -0.842. The van der Waals surface area contributed by atoms with Gasteiger partial charge in [-0.1, -0.05) is 302 Å². The second kappa shape index (κ2) is 59.4. The SMILES string of the molecule is CCCCC/C=C\C/C=C\CCCCCCCCCCCCCCCCCCCC(=O)OC(/C=C\CCCCCCCCCCC)C(COP(=O)(O)OCC[N+](C)(C)C)NC(=O)CCCCCCCCCCCCCCCCC. The van der Waals surface area contributed by atoms with Gasteiger partial charge in [0.05, 0.1) is 33.8 Å². The first-order valence-corrected chi connectivity index (χ1v) is 35.8. The Morgan fingerprint density at radius 3 is 1.16 bits per heavy atom. The van der Waals surface area contributed by atoms with E-state index < -0.39 is 20.0 Å². The van der Waals surface area contributed by atoms with Gasteiger partial charge in [0.25, 0.3) is 0 Å². The molecule has 0 radical (unpaired) electrons. The van der Waals surface area contributed by atoms with Crippen molar-refractivity contribution in [3.05, 3.63) is 36.5 Å². The molecule has 79 heavy (non-hydrogen) atoms. The number of rotatable bonds is 63. The molecular formula is C69H134N2O7P+. The number of phosphoric ester groups is 1. The number of quaternary nitrogens is 1. The van der Waals surface area contributed by atoms with Gasteiger partial charge in [0, 0.05) is 12.8 Å². The molecule has 3 unspecified atom stereocenters. The van der Waals surface area contributed by atoms with Crippen molar-refractivity contribution in [1.82, 2.24) is 5.32 Å². The van der Waals surface area contributed by atoms with Crippen molar-refractivity contribution in [2.45, 2.75) is 354 Å². The quantitative estimate of drug-likeness (QED) is 0.0205. The van der Waals surface area contributed by atoms with E-state index in [1.807, 2.05) is 33.3 Å². The van der Waals surface area contributed by atoms with Crippen LogP contribution in [0.25, 0.3) is 0 Å². The Morgan fingerprint density at radius 1 is 0.443 bits per heavy atom. The molecule has 10 heteroatoms. The number of allylic oxidation sites excluding steroid dienone is 5. The standard InChI is InChI=1S/C69H133N2O7P/c1-7-10-13-16-19-22-25-27-29-30-31-32-33-34-35-36-37-38-39-40-42-44-47-50-53-56-59-62-69(73)78-67(60-57-54-51-48-45-24-21-18-15-12-9-3)66(65-77-79(74,75)76-64-63-71(4,5)6)70-68(72)61-58-55-52-49-46-43-41-28-26-23-20-17-14-11-8-2/h19,22,27,29,57,60,66-67H,7-18,20-21,23-26,28,30-56,58-59,61-65H2,1-6H3,(H-,70,72,74,75)/p+1/b22-19-,29-27-,60-57-. The number of nitrogens with one attached hydrogen (secondary N) is 1. The fraction of sp³-hybridized carbons (Fsp3) is 0.884. The number of unbranched alkanes of at least 4 members (excludes halogenated alkanes) is 43. The van der Waals surface area contributed by atoms with Crippen LogP contribution in [0.1, 0.15) is 342 Å². The van der Waals surface area contributed by atoms with E-state index in [4.69, 9.17) is 13.8 Å². The third-order valence-electron chi connectivity index (χ3n) is 15.6. The Kier molecular flexibility index (Phi) is 58.1. The van der Waals surface area contributed by atoms with Crippen LogP contribution in [0.3, 0.4) is 0 Å². The molecule has 9 nitrogen and oxygen atoms in total. The maximum atomic E-state index is 13.5. The molecule has 0 bridgehead atoms. The molecule has 0 aliphatic carbocycles. The zero-order valence-corrected chi connectivity index (χ0v) is 54.3. The Morgan fingerprint density at radius 2 is 0.772 bits per heavy atom. The van der Waals surface area contributed by atoms with E-state index in [0.29, 0.717) is 23.9 Å². The Hall–Kier alpha value is -1.77. The highest BCUT2D eigenvalue weighted by atomic mass is 31.2. The number of carbonyl (C=O) groups excluding carboxylic acids is 2. The highest BCUT2D eigenvalue weighted by molar-refractivity contribution is 7.47. The van der Waals surface area contributed by atoms with Crippen molar-refractivity contribution < 1.29 is 37.3 Å². The molecule has 0 saturated carbocycles. The van der Waals surface area contributed by atoms with Crippen LogP contribution in [-0.2, 0) is 27.9 Å². The summed E-state index contributed by atoms with van der Waals surface area (Å²) >= 11 is 0. The van der Waals surface area contributed by atoms with Crippen molar-refractivity contribution in [1.29, 1.82) is 0 Å². The second-order valence-corrected chi connectivity index (χ2v) is 26.2. The van der Waals surface area contributed by atoms with Gasteiger partial charge in [-0.15, -0.1) is 0 Å². The highest BCUT2D eigenvalue weighted by Crippen LogP contribution is 2.43. The molecule has 466 valence electrons. The minimum Gasteiger partial charge on any atom is -0.456 e. The van der Waals surface area contributed by atoms with Gasteiger partial charge in [0.1, 0.15) is 19.3 Å². The van der Waals surface area contributed by atoms with Gasteiger partial charge in [0.15, 0.2) is 0 Å². The molecular weight excluding hydrogens is 1000 g/mol. The predicted molar refractivity (Wildman–Crippen MR) is 342 cm³/mol. The molecule has 0 aliphatic rings. The lowest BCUT2D eigenvalue weighted by molar-refractivity contribution is -0.870. The summed E-state index contributed by atoms with van der Waals surface area (Å²) in [5.74, 6) is -0.487. The van der Waals surface area contributed by atoms with Crippen LogP contribution in [0.5, 0.6) is 0 Å². The van der Waals surface area contributed by atoms with Crippen molar-refractivity contribution >= 4 is 19.7 Å². The molecule has 0 spiro atoms. The van der Waals surface area contributed by atoms with Gasteiger partial charge in [-0.25, -0.2) is 4.57 Å². The number of hydrogen-bond acceptors (Lipinski definition) is 6.